The van der Waals surface area contributed by atoms with E-state index in [2.05, 4.69) is 20.6 Å². The molecule has 2 aromatic rings. The monoisotopic (exact) mass is 514 g/mol. The van der Waals surface area contributed by atoms with Crippen LogP contribution in [0.15, 0.2) is 53.7 Å². The molecule has 0 aliphatic heterocycles. The molecule has 0 radical (unpaired) electrons. The number of hydrogen-bond donors (Lipinski definition) is 2. The van der Waals surface area contributed by atoms with Gasteiger partial charge in [-0.3, -0.25) is 0 Å². The van der Waals surface area contributed by atoms with Crippen molar-refractivity contribution in [3.63, 3.8) is 0 Å². The summed E-state index contributed by atoms with van der Waals surface area (Å²) in [5.74, 6) is 2.20. The number of nitrogens with one attached hydrogen (secondary N) is 2. The van der Waals surface area contributed by atoms with Crippen LogP contribution < -0.4 is 20.1 Å². The zero-order chi connectivity index (χ0) is 19.9. The van der Waals surface area contributed by atoms with Crippen LogP contribution in [-0.2, 0) is 11.3 Å². The number of aromatic nitrogens is 1. The van der Waals surface area contributed by atoms with Gasteiger partial charge in [-0.15, -0.1) is 24.0 Å². The van der Waals surface area contributed by atoms with E-state index in [0.717, 1.165) is 43.4 Å². The maximum Gasteiger partial charge on any atom is 0.213 e. The molecule has 1 aromatic heterocycles. The number of guanidine groups is 1. The van der Waals surface area contributed by atoms with Crippen molar-refractivity contribution in [1.29, 1.82) is 0 Å². The first-order valence-corrected chi connectivity index (χ1v) is 9.58. The first-order valence-electron chi connectivity index (χ1n) is 9.58. The van der Waals surface area contributed by atoms with Gasteiger partial charge in [-0.05, 0) is 31.0 Å². The van der Waals surface area contributed by atoms with Crippen LogP contribution in [0.3, 0.4) is 0 Å². The van der Waals surface area contributed by atoms with Gasteiger partial charge in [-0.1, -0.05) is 24.3 Å². The molecule has 0 aliphatic carbocycles. The summed E-state index contributed by atoms with van der Waals surface area (Å²) in [5.41, 5.74) is 1.02. The number of aliphatic imine (C=N–C) groups is 1. The van der Waals surface area contributed by atoms with E-state index in [-0.39, 0.29) is 24.0 Å². The largest absolute Gasteiger partial charge is 0.490 e. The molecular formula is C21H31IN4O3. The van der Waals surface area contributed by atoms with Crippen LogP contribution >= 0.6 is 24.0 Å². The first kappa shape index (κ1) is 25.0. The van der Waals surface area contributed by atoms with Crippen LogP contribution in [0.5, 0.6) is 11.6 Å². The Morgan fingerprint density at radius 3 is 2.48 bits per heavy atom. The fourth-order valence-electron chi connectivity index (χ4n) is 2.35. The lowest BCUT2D eigenvalue weighted by Gasteiger charge is -2.11. The molecule has 2 N–H and O–H groups in total. The number of hydrogen-bond acceptors (Lipinski definition) is 5. The average molecular weight is 514 g/mol. The smallest absolute Gasteiger partial charge is 0.213 e. The molecule has 0 aliphatic rings. The second kappa shape index (κ2) is 15.8. The number of benzene rings is 1. The van der Waals surface area contributed by atoms with Crippen LogP contribution in [0.4, 0.5) is 0 Å². The highest BCUT2D eigenvalue weighted by Gasteiger charge is 2.00. The SMILES string of the molecule is CCNC(=NCc1ccc(OCCOc2ccccc2)nc1)NCCCOC.I. The predicted molar refractivity (Wildman–Crippen MR) is 126 cm³/mol. The van der Waals surface area contributed by atoms with Gasteiger partial charge in [0.2, 0.25) is 5.88 Å². The number of ether oxygens (including phenoxy) is 3. The van der Waals surface area contributed by atoms with Gasteiger partial charge < -0.3 is 24.8 Å². The van der Waals surface area contributed by atoms with Gasteiger partial charge in [-0.2, -0.15) is 0 Å². The lowest BCUT2D eigenvalue weighted by molar-refractivity contribution is 0.195. The number of nitrogens with zero attached hydrogens (tertiary/aromatic N) is 2. The van der Waals surface area contributed by atoms with Crippen LogP contribution in [0.2, 0.25) is 0 Å². The lowest BCUT2D eigenvalue weighted by atomic mass is 10.3. The minimum absolute atomic E-state index is 0. The minimum atomic E-state index is 0. The quantitative estimate of drug-likeness (QED) is 0.196. The van der Waals surface area contributed by atoms with Gasteiger partial charge in [0.05, 0.1) is 6.54 Å². The Balaban J connectivity index is 0.00000420. The van der Waals surface area contributed by atoms with Gasteiger partial charge in [0, 0.05) is 39.1 Å². The molecular weight excluding hydrogens is 483 g/mol. The number of rotatable bonds is 12. The van der Waals surface area contributed by atoms with Crippen molar-refractivity contribution in [2.75, 3.05) is 40.0 Å². The normalized spacial score (nSPS) is 10.8. The maximum absolute atomic E-state index is 5.61. The Morgan fingerprint density at radius 1 is 1.00 bits per heavy atom. The molecule has 0 unspecified atom stereocenters. The third-order valence-electron chi connectivity index (χ3n) is 3.72. The number of methoxy groups -OCH3 is 1. The zero-order valence-corrected chi connectivity index (χ0v) is 19.4. The van der Waals surface area contributed by atoms with E-state index in [1.165, 1.54) is 0 Å². The molecule has 0 amide bonds. The Morgan fingerprint density at radius 2 is 1.79 bits per heavy atom. The molecule has 8 heteroatoms. The van der Waals surface area contributed by atoms with E-state index in [9.17, 15) is 0 Å². The average Bonchev–Trinajstić information content (AvgIpc) is 2.74. The zero-order valence-electron chi connectivity index (χ0n) is 17.1. The van der Waals surface area contributed by atoms with E-state index in [4.69, 9.17) is 14.2 Å². The van der Waals surface area contributed by atoms with E-state index in [1.807, 2.05) is 49.4 Å². The molecule has 0 saturated carbocycles. The van der Waals surface area contributed by atoms with Crippen molar-refractivity contribution in [2.24, 2.45) is 4.99 Å². The molecule has 0 fully saturated rings. The first-order chi connectivity index (χ1) is 13.8. The summed E-state index contributed by atoms with van der Waals surface area (Å²) in [7, 11) is 1.70. The highest BCUT2D eigenvalue weighted by molar-refractivity contribution is 14.0. The van der Waals surface area contributed by atoms with Crippen molar-refractivity contribution >= 4 is 29.9 Å². The van der Waals surface area contributed by atoms with Gasteiger partial charge in [0.15, 0.2) is 5.96 Å². The molecule has 0 spiro atoms. The van der Waals surface area contributed by atoms with E-state index >= 15 is 0 Å². The highest BCUT2D eigenvalue weighted by atomic mass is 127. The standard InChI is InChI=1S/C21H30N4O3.HI/c1-3-22-21(23-12-7-13-26-2)25-17-18-10-11-20(24-16-18)28-15-14-27-19-8-5-4-6-9-19;/h4-6,8-11,16H,3,7,12-15,17H2,1-2H3,(H2,22,23,25);1H. The Bertz CT molecular complexity index is 684. The lowest BCUT2D eigenvalue weighted by Crippen LogP contribution is -2.38. The third kappa shape index (κ3) is 10.9. The molecule has 0 saturated heterocycles. The Labute approximate surface area is 190 Å². The summed E-state index contributed by atoms with van der Waals surface area (Å²) in [6.07, 6.45) is 2.72. The van der Waals surface area contributed by atoms with Crippen molar-refractivity contribution in [2.45, 2.75) is 19.9 Å². The fourth-order valence-corrected chi connectivity index (χ4v) is 2.35. The van der Waals surface area contributed by atoms with Crippen LogP contribution in [0, 0.1) is 0 Å². The molecule has 29 heavy (non-hydrogen) atoms. The van der Waals surface area contributed by atoms with Gasteiger partial charge in [0.1, 0.15) is 19.0 Å². The number of para-hydroxylation sites is 1. The van der Waals surface area contributed by atoms with E-state index in [1.54, 1.807) is 13.3 Å². The fraction of sp³-hybridized carbons (Fsp3) is 0.429. The topological polar surface area (TPSA) is 77.0 Å². The summed E-state index contributed by atoms with van der Waals surface area (Å²) in [4.78, 5) is 8.90. The van der Waals surface area contributed by atoms with E-state index < -0.39 is 0 Å². The van der Waals surface area contributed by atoms with Crippen molar-refractivity contribution in [3.8, 4) is 11.6 Å². The highest BCUT2D eigenvalue weighted by Crippen LogP contribution is 2.10. The Hall–Kier alpha value is -2.07. The molecule has 160 valence electrons. The number of halogens is 1. The van der Waals surface area contributed by atoms with Crippen molar-refractivity contribution in [1.82, 2.24) is 15.6 Å². The van der Waals surface area contributed by atoms with Crippen LogP contribution in [-0.4, -0.2) is 51.0 Å². The van der Waals surface area contributed by atoms with Crippen LogP contribution in [0.1, 0.15) is 18.9 Å². The predicted octanol–water partition coefficient (Wildman–Crippen LogP) is 3.25. The molecule has 7 nitrogen and oxygen atoms in total. The maximum atomic E-state index is 5.61. The summed E-state index contributed by atoms with van der Waals surface area (Å²) in [6, 6.07) is 13.5. The Kier molecular flexibility index (Phi) is 13.6. The minimum Gasteiger partial charge on any atom is -0.490 e. The number of pyridine rings is 1. The van der Waals surface area contributed by atoms with Gasteiger partial charge >= 0.3 is 0 Å². The molecule has 0 atom stereocenters. The summed E-state index contributed by atoms with van der Waals surface area (Å²) in [6.45, 7) is 5.86. The summed E-state index contributed by atoms with van der Waals surface area (Å²) < 4.78 is 16.3. The van der Waals surface area contributed by atoms with Gasteiger partial charge in [-0.25, -0.2) is 9.98 Å². The van der Waals surface area contributed by atoms with Crippen molar-refractivity contribution < 1.29 is 14.2 Å². The summed E-state index contributed by atoms with van der Waals surface area (Å²) >= 11 is 0. The van der Waals surface area contributed by atoms with Crippen LogP contribution in [0.25, 0.3) is 0 Å². The molecule has 0 bridgehead atoms. The summed E-state index contributed by atoms with van der Waals surface area (Å²) in [5, 5.41) is 6.51. The third-order valence-corrected chi connectivity index (χ3v) is 3.72. The second-order valence-corrected chi connectivity index (χ2v) is 5.98. The van der Waals surface area contributed by atoms with E-state index in [0.29, 0.717) is 25.6 Å². The van der Waals surface area contributed by atoms with Gasteiger partial charge in [0.25, 0.3) is 0 Å². The second-order valence-electron chi connectivity index (χ2n) is 5.98. The molecule has 1 aromatic carbocycles. The molecule has 1 heterocycles. The van der Waals surface area contributed by atoms with Crippen molar-refractivity contribution in [3.05, 3.63) is 54.2 Å². The molecule has 2 rings (SSSR count).